The van der Waals surface area contributed by atoms with Crippen molar-refractivity contribution in [2.24, 2.45) is 11.7 Å². The van der Waals surface area contributed by atoms with Crippen LogP contribution in [-0.2, 0) is 4.79 Å². The Morgan fingerprint density at radius 1 is 1.62 bits per heavy atom. The van der Waals surface area contributed by atoms with Crippen molar-refractivity contribution < 1.29 is 4.79 Å². The molecule has 2 aliphatic rings. The molecule has 1 heterocycles. The fraction of sp³-hybridized carbons (Fsp3) is 0.900. The second kappa shape index (κ2) is 2.98. The van der Waals surface area contributed by atoms with Crippen molar-refractivity contribution in [3.8, 4) is 0 Å². The highest BCUT2D eigenvalue weighted by Crippen LogP contribution is 2.43. The van der Waals surface area contributed by atoms with E-state index in [0.29, 0.717) is 18.2 Å². The number of rotatable bonds is 3. The zero-order chi connectivity index (χ0) is 9.47. The number of nitrogens with two attached hydrogens (primary N) is 1. The Morgan fingerprint density at radius 2 is 2.31 bits per heavy atom. The Morgan fingerprint density at radius 3 is 2.85 bits per heavy atom. The summed E-state index contributed by atoms with van der Waals surface area (Å²) in [6, 6.07) is 0. The monoisotopic (exact) mass is 182 g/mol. The highest BCUT2D eigenvalue weighted by atomic mass is 16.2. The van der Waals surface area contributed by atoms with Crippen LogP contribution in [0.25, 0.3) is 0 Å². The third-order valence-electron chi connectivity index (χ3n) is 3.35. The van der Waals surface area contributed by atoms with Gasteiger partial charge in [-0.3, -0.25) is 4.79 Å². The maximum absolute atomic E-state index is 11.5. The summed E-state index contributed by atoms with van der Waals surface area (Å²) in [4.78, 5) is 13.5. The van der Waals surface area contributed by atoms with E-state index < -0.39 is 0 Å². The molecule has 3 heteroatoms. The highest BCUT2D eigenvalue weighted by Gasteiger charge is 2.49. The van der Waals surface area contributed by atoms with Gasteiger partial charge in [-0.15, -0.1) is 0 Å². The molecular formula is C10H18N2O. The lowest BCUT2D eigenvalue weighted by molar-refractivity contribution is -0.127. The molecule has 0 aromatic rings. The van der Waals surface area contributed by atoms with Gasteiger partial charge in [-0.05, 0) is 19.3 Å². The van der Waals surface area contributed by atoms with Crippen molar-refractivity contribution in [1.29, 1.82) is 0 Å². The SMILES string of the molecule is CCCN1CC(C2(N)CC2)CC1=O. The highest BCUT2D eigenvalue weighted by molar-refractivity contribution is 5.79. The van der Waals surface area contributed by atoms with Gasteiger partial charge in [-0.25, -0.2) is 0 Å². The normalized spacial score (nSPS) is 31.1. The largest absolute Gasteiger partial charge is 0.342 e. The molecule has 3 nitrogen and oxygen atoms in total. The van der Waals surface area contributed by atoms with Crippen molar-refractivity contribution in [3.63, 3.8) is 0 Å². The Labute approximate surface area is 79.3 Å². The fourth-order valence-corrected chi connectivity index (χ4v) is 2.20. The van der Waals surface area contributed by atoms with Gasteiger partial charge in [0.2, 0.25) is 5.91 Å². The van der Waals surface area contributed by atoms with E-state index in [2.05, 4.69) is 6.92 Å². The van der Waals surface area contributed by atoms with Crippen LogP contribution in [0.5, 0.6) is 0 Å². The number of carbonyl (C=O) groups excluding carboxylic acids is 1. The van der Waals surface area contributed by atoms with Gasteiger partial charge < -0.3 is 10.6 Å². The molecule has 2 rings (SSSR count). The van der Waals surface area contributed by atoms with Gasteiger partial charge >= 0.3 is 0 Å². The molecule has 74 valence electrons. The van der Waals surface area contributed by atoms with Gasteiger partial charge in [0.25, 0.3) is 0 Å². The molecule has 0 aromatic heterocycles. The molecular weight excluding hydrogens is 164 g/mol. The minimum atomic E-state index is 0.0259. The molecule has 13 heavy (non-hydrogen) atoms. The van der Waals surface area contributed by atoms with Gasteiger partial charge in [0.05, 0.1) is 0 Å². The molecule has 1 saturated carbocycles. The lowest BCUT2D eigenvalue weighted by Gasteiger charge is -2.18. The standard InChI is InChI=1S/C10H18N2O/c1-2-5-12-7-8(6-9(12)13)10(11)3-4-10/h8H,2-7,11H2,1H3. The van der Waals surface area contributed by atoms with Crippen LogP contribution in [0.4, 0.5) is 0 Å². The first-order valence-corrected chi connectivity index (χ1v) is 5.22. The number of hydrogen-bond donors (Lipinski definition) is 1. The van der Waals surface area contributed by atoms with E-state index in [1.807, 2.05) is 4.90 Å². The van der Waals surface area contributed by atoms with E-state index >= 15 is 0 Å². The van der Waals surface area contributed by atoms with Gasteiger partial charge in [0.1, 0.15) is 0 Å². The predicted molar refractivity (Wildman–Crippen MR) is 51.1 cm³/mol. The fourth-order valence-electron chi connectivity index (χ4n) is 2.20. The third kappa shape index (κ3) is 1.57. The molecule has 0 spiro atoms. The van der Waals surface area contributed by atoms with Gasteiger partial charge in [0, 0.05) is 31.0 Å². The number of carbonyl (C=O) groups is 1. The van der Waals surface area contributed by atoms with E-state index in [1.54, 1.807) is 0 Å². The topological polar surface area (TPSA) is 46.3 Å². The molecule has 0 radical (unpaired) electrons. The minimum absolute atomic E-state index is 0.0259. The zero-order valence-corrected chi connectivity index (χ0v) is 8.25. The summed E-state index contributed by atoms with van der Waals surface area (Å²) in [6.07, 6.45) is 3.97. The first kappa shape index (κ1) is 9.00. The van der Waals surface area contributed by atoms with Crippen molar-refractivity contribution >= 4 is 5.91 Å². The van der Waals surface area contributed by atoms with Crippen LogP contribution in [-0.4, -0.2) is 29.4 Å². The Bertz CT molecular complexity index is 223. The van der Waals surface area contributed by atoms with E-state index in [9.17, 15) is 4.79 Å². The maximum Gasteiger partial charge on any atom is 0.222 e. The lowest BCUT2D eigenvalue weighted by atomic mass is 9.97. The molecule has 0 bridgehead atoms. The smallest absolute Gasteiger partial charge is 0.222 e. The second-order valence-corrected chi connectivity index (χ2v) is 4.47. The van der Waals surface area contributed by atoms with Crippen molar-refractivity contribution in [2.75, 3.05) is 13.1 Å². The number of amides is 1. The molecule has 2 fully saturated rings. The summed E-state index contributed by atoms with van der Waals surface area (Å²) in [7, 11) is 0. The summed E-state index contributed by atoms with van der Waals surface area (Å²) in [6.45, 7) is 3.92. The van der Waals surface area contributed by atoms with Crippen LogP contribution in [0.3, 0.4) is 0 Å². The average Bonchev–Trinajstić information content (AvgIpc) is 2.72. The number of hydrogen-bond acceptors (Lipinski definition) is 2. The molecule has 0 aromatic carbocycles. The first-order chi connectivity index (χ1) is 6.15. The summed E-state index contributed by atoms with van der Waals surface area (Å²) in [5.41, 5.74) is 6.12. The average molecular weight is 182 g/mol. The van der Waals surface area contributed by atoms with Crippen LogP contribution >= 0.6 is 0 Å². The van der Waals surface area contributed by atoms with Crippen LogP contribution in [0.1, 0.15) is 32.6 Å². The third-order valence-corrected chi connectivity index (χ3v) is 3.35. The van der Waals surface area contributed by atoms with Crippen LogP contribution in [0, 0.1) is 5.92 Å². The molecule has 2 N–H and O–H groups in total. The van der Waals surface area contributed by atoms with Crippen LogP contribution in [0.2, 0.25) is 0 Å². The predicted octanol–water partition coefficient (Wildman–Crippen LogP) is 0.736. The van der Waals surface area contributed by atoms with Gasteiger partial charge in [0.15, 0.2) is 0 Å². The lowest BCUT2D eigenvalue weighted by Crippen LogP contribution is -2.34. The van der Waals surface area contributed by atoms with Crippen molar-refractivity contribution in [2.45, 2.75) is 38.1 Å². The van der Waals surface area contributed by atoms with Crippen molar-refractivity contribution in [1.82, 2.24) is 4.90 Å². The summed E-state index contributed by atoms with van der Waals surface area (Å²) in [5.74, 6) is 0.745. The van der Waals surface area contributed by atoms with E-state index in [-0.39, 0.29) is 5.54 Å². The molecule has 1 atom stereocenters. The summed E-state index contributed by atoms with van der Waals surface area (Å²) >= 11 is 0. The Balaban J connectivity index is 1.94. The quantitative estimate of drug-likeness (QED) is 0.699. The van der Waals surface area contributed by atoms with E-state index in [4.69, 9.17) is 5.73 Å². The molecule has 1 saturated heterocycles. The Hall–Kier alpha value is -0.570. The first-order valence-electron chi connectivity index (χ1n) is 5.22. The van der Waals surface area contributed by atoms with Crippen molar-refractivity contribution in [3.05, 3.63) is 0 Å². The minimum Gasteiger partial charge on any atom is -0.342 e. The zero-order valence-electron chi connectivity index (χ0n) is 8.25. The van der Waals surface area contributed by atoms with E-state index in [0.717, 1.165) is 32.4 Å². The molecule has 1 unspecified atom stereocenters. The second-order valence-electron chi connectivity index (χ2n) is 4.47. The molecule has 1 amide bonds. The maximum atomic E-state index is 11.5. The van der Waals surface area contributed by atoms with Gasteiger partial charge in [-0.2, -0.15) is 0 Å². The number of nitrogens with zero attached hydrogens (tertiary/aromatic N) is 1. The Kier molecular flexibility index (Phi) is 2.06. The van der Waals surface area contributed by atoms with Gasteiger partial charge in [-0.1, -0.05) is 6.92 Å². The van der Waals surface area contributed by atoms with Crippen LogP contribution in [0.15, 0.2) is 0 Å². The number of likely N-dealkylation sites (tertiary alicyclic amines) is 1. The van der Waals surface area contributed by atoms with Crippen LogP contribution < -0.4 is 5.73 Å². The summed E-state index contributed by atoms with van der Waals surface area (Å²) in [5, 5.41) is 0. The molecule has 1 aliphatic heterocycles. The summed E-state index contributed by atoms with van der Waals surface area (Å²) < 4.78 is 0. The molecule has 1 aliphatic carbocycles. The van der Waals surface area contributed by atoms with E-state index in [1.165, 1.54) is 0 Å².